The second-order valence-corrected chi connectivity index (χ2v) is 5.72. The lowest BCUT2D eigenvalue weighted by Gasteiger charge is -2.22. The number of halogens is 3. The molecule has 1 fully saturated rings. The third-order valence-electron chi connectivity index (χ3n) is 3.19. The first-order chi connectivity index (χ1) is 8.78. The zero-order chi connectivity index (χ0) is 14.1. The van der Waals surface area contributed by atoms with Crippen LogP contribution in [0, 0.1) is 5.41 Å². The van der Waals surface area contributed by atoms with Crippen LogP contribution in [0.25, 0.3) is 0 Å². The summed E-state index contributed by atoms with van der Waals surface area (Å²) in [6.07, 6.45) is -4.64. The Morgan fingerprint density at radius 1 is 1.32 bits per heavy atom. The Kier molecular flexibility index (Phi) is 3.87. The van der Waals surface area contributed by atoms with Crippen LogP contribution in [0.3, 0.4) is 0 Å². The van der Waals surface area contributed by atoms with Gasteiger partial charge in [-0.05, 0) is 17.7 Å². The topological polar surface area (TPSA) is 21.3 Å². The van der Waals surface area contributed by atoms with Crippen molar-refractivity contribution in [3.63, 3.8) is 0 Å². The van der Waals surface area contributed by atoms with Gasteiger partial charge in [-0.25, -0.2) is 0 Å². The maximum Gasteiger partial charge on any atom is 0.416 e. The SMILES string of the molecule is CC1(C)CNCC(c2cccc(C(F)(F)F)c2)OC1. The molecule has 1 heterocycles. The molecule has 1 saturated heterocycles. The van der Waals surface area contributed by atoms with Crippen molar-refractivity contribution in [2.75, 3.05) is 19.7 Å². The summed E-state index contributed by atoms with van der Waals surface area (Å²) in [5.74, 6) is 0. The molecule has 0 aliphatic carbocycles. The van der Waals surface area contributed by atoms with Crippen molar-refractivity contribution < 1.29 is 17.9 Å². The summed E-state index contributed by atoms with van der Waals surface area (Å²) >= 11 is 0. The van der Waals surface area contributed by atoms with E-state index in [1.165, 1.54) is 12.1 Å². The number of alkyl halides is 3. The van der Waals surface area contributed by atoms with Gasteiger partial charge in [-0.3, -0.25) is 0 Å². The van der Waals surface area contributed by atoms with Crippen molar-refractivity contribution in [2.45, 2.75) is 26.1 Å². The minimum Gasteiger partial charge on any atom is -0.372 e. The fourth-order valence-electron chi connectivity index (χ4n) is 2.11. The molecule has 1 aromatic rings. The van der Waals surface area contributed by atoms with Crippen LogP contribution in [-0.2, 0) is 10.9 Å². The van der Waals surface area contributed by atoms with Gasteiger partial charge in [-0.1, -0.05) is 26.0 Å². The molecule has 0 amide bonds. The average molecular weight is 273 g/mol. The van der Waals surface area contributed by atoms with Crippen LogP contribution in [0.5, 0.6) is 0 Å². The Labute approximate surface area is 111 Å². The molecule has 1 N–H and O–H groups in total. The summed E-state index contributed by atoms with van der Waals surface area (Å²) in [5.41, 5.74) is -0.0618. The maximum atomic E-state index is 12.7. The number of rotatable bonds is 1. The number of hydrogen-bond donors (Lipinski definition) is 1. The maximum absolute atomic E-state index is 12.7. The lowest BCUT2D eigenvalue weighted by atomic mass is 9.95. The molecule has 19 heavy (non-hydrogen) atoms. The largest absolute Gasteiger partial charge is 0.416 e. The molecule has 2 nitrogen and oxygen atoms in total. The highest BCUT2D eigenvalue weighted by Crippen LogP contribution is 2.32. The second kappa shape index (κ2) is 5.13. The Bertz CT molecular complexity index is 443. The van der Waals surface area contributed by atoms with E-state index in [0.717, 1.165) is 12.6 Å². The third kappa shape index (κ3) is 3.70. The van der Waals surface area contributed by atoms with Crippen molar-refractivity contribution in [1.29, 1.82) is 0 Å². The fraction of sp³-hybridized carbons (Fsp3) is 0.571. The predicted octanol–water partition coefficient (Wildman–Crippen LogP) is 3.39. The Morgan fingerprint density at radius 2 is 2.05 bits per heavy atom. The molecule has 0 saturated carbocycles. The summed E-state index contributed by atoms with van der Waals surface area (Å²) in [6, 6.07) is 5.36. The highest BCUT2D eigenvalue weighted by atomic mass is 19.4. The fourth-order valence-corrected chi connectivity index (χ4v) is 2.11. The van der Waals surface area contributed by atoms with E-state index in [1.54, 1.807) is 6.07 Å². The molecular weight excluding hydrogens is 255 g/mol. The number of hydrogen-bond acceptors (Lipinski definition) is 2. The lowest BCUT2D eigenvalue weighted by Crippen LogP contribution is -2.29. The minimum atomic E-state index is -4.31. The van der Waals surface area contributed by atoms with Gasteiger partial charge in [0.2, 0.25) is 0 Å². The number of ether oxygens (including phenoxy) is 1. The minimum absolute atomic E-state index is 0.00358. The van der Waals surface area contributed by atoms with E-state index < -0.39 is 11.7 Å². The molecular formula is C14H18F3NO. The summed E-state index contributed by atoms with van der Waals surface area (Å²) in [6.45, 7) is 5.98. The number of nitrogens with one attached hydrogen (secondary N) is 1. The van der Waals surface area contributed by atoms with Crippen LogP contribution < -0.4 is 5.32 Å². The van der Waals surface area contributed by atoms with E-state index in [-0.39, 0.29) is 11.5 Å². The smallest absolute Gasteiger partial charge is 0.372 e. The van der Waals surface area contributed by atoms with E-state index in [1.807, 2.05) is 0 Å². The first-order valence-corrected chi connectivity index (χ1v) is 6.27. The summed E-state index contributed by atoms with van der Waals surface area (Å²) in [5, 5.41) is 3.24. The highest BCUT2D eigenvalue weighted by Gasteiger charge is 2.32. The van der Waals surface area contributed by atoms with Crippen LogP contribution >= 0.6 is 0 Å². The molecule has 1 aromatic carbocycles. The molecule has 0 aromatic heterocycles. The molecule has 106 valence electrons. The normalized spacial score (nSPS) is 23.9. The summed E-state index contributed by atoms with van der Waals surface area (Å²) < 4.78 is 43.8. The van der Waals surface area contributed by atoms with E-state index in [4.69, 9.17) is 4.74 Å². The molecule has 1 aliphatic heterocycles. The molecule has 0 radical (unpaired) electrons. The van der Waals surface area contributed by atoms with Crippen LogP contribution in [0.4, 0.5) is 13.2 Å². The molecule has 1 aliphatic rings. The van der Waals surface area contributed by atoms with Crippen molar-refractivity contribution in [3.05, 3.63) is 35.4 Å². The van der Waals surface area contributed by atoms with Crippen molar-refractivity contribution in [2.24, 2.45) is 5.41 Å². The van der Waals surface area contributed by atoms with Gasteiger partial charge in [-0.2, -0.15) is 13.2 Å². The quantitative estimate of drug-likeness (QED) is 0.847. The molecule has 0 spiro atoms. The summed E-state index contributed by atoms with van der Waals surface area (Å²) in [7, 11) is 0. The Hall–Kier alpha value is -1.07. The molecule has 1 unspecified atom stereocenters. The molecule has 2 rings (SSSR count). The van der Waals surface area contributed by atoms with Crippen molar-refractivity contribution >= 4 is 0 Å². The Morgan fingerprint density at radius 3 is 2.74 bits per heavy atom. The van der Waals surface area contributed by atoms with Gasteiger partial charge in [0, 0.05) is 18.5 Å². The van der Waals surface area contributed by atoms with Gasteiger partial charge >= 0.3 is 6.18 Å². The van der Waals surface area contributed by atoms with Gasteiger partial charge in [-0.15, -0.1) is 0 Å². The third-order valence-corrected chi connectivity index (χ3v) is 3.19. The van der Waals surface area contributed by atoms with E-state index >= 15 is 0 Å². The van der Waals surface area contributed by atoms with Gasteiger partial charge in [0.15, 0.2) is 0 Å². The molecule has 5 heteroatoms. The van der Waals surface area contributed by atoms with Crippen LogP contribution in [0.15, 0.2) is 24.3 Å². The van der Waals surface area contributed by atoms with Gasteiger partial charge in [0.05, 0.1) is 18.3 Å². The first kappa shape index (κ1) is 14.3. The zero-order valence-corrected chi connectivity index (χ0v) is 11.1. The number of benzene rings is 1. The van der Waals surface area contributed by atoms with E-state index in [9.17, 15) is 13.2 Å². The molecule has 1 atom stereocenters. The average Bonchev–Trinajstić information content (AvgIpc) is 2.49. The van der Waals surface area contributed by atoms with E-state index in [2.05, 4.69) is 19.2 Å². The van der Waals surface area contributed by atoms with Crippen molar-refractivity contribution in [3.8, 4) is 0 Å². The molecule has 0 bridgehead atoms. The predicted molar refractivity (Wildman–Crippen MR) is 66.8 cm³/mol. The standard InChI is InChI=1S/C14H18F3NO/c1-13(2)8-18-7-12(19-9-13)10-4-3-5-11(6-10)14(15,16)17/h3-6,12,18H,7-9H2,1-2H3. The van der Waals surface area contributed by atoms with Crippen LogP contribution in [0.2, 0.25) is 0 Å². The second-order valence-electron chi connectivity index (χ2n) is 5.72. The lowest BCUT2D eigenvalue weighted by molar-refractivity contribution is -0.137. The zero-order valence-electron chi connectivity index (χ0n) is 11.1. The van der Waals surface area contributed by atoms with Crippen LogP contribution in [0.1, 0.15) is 31.1 Å². The van der Waals surface area contributed by atoms with Gasteiger partial charge < -0.3 is 10.1 Å². The monoisotopic (exact) mass is 273 g/mol. The van der Waals surface area contributed by atoms with Crippen molar-refractivity contribution in [1.82, 2.24) is 5.32 Å². The van der Waals surface area contributed by atoms with E-state index in [0.29, 0.717) is 18.7 Å². The highest BCUT2D eigenvalue weighted by molar-refractivity contribution is 5.27. The van der Waals surface area contributed by atoms with Gasteiger partial charge in [0.1, 0.15) is 0 Å². The van der Waals surface area contributed by atoms with Crippen LogP contribution in [-0.4, -0.2) is 19.7 Å². The first-order valence-electron chi connectivity index (χ1n) is 6.27. The summed E-state index contributed by atoms with van der Waals surface area (Å²) in [4.78, 5) is 0. The van der Waals surface area contributed by atoms with Gasteiger partial charge in [0.25, 0.3) is 0 Å². The Balaban J connectivity index is 2.18.